The summed E-state index contributed by atoms with van der Waals surface area (Å²) in [5.74, 6) is -2.55. The SMILES string of the molecule is CCOC(=O)C[C@H]1C[C@@](C)(C(=O)OCC)C(=O)CC1=O. The lowest BCUT2D eigenvalue weighted by Crippen LogP contribution is -2.46. The molecule has 0 heterocycles. The molecule has 1 fully saturated rings. The van der Waals surface area contributed by atoms with Crippen molar-refractivity contribution in [2.75, 3.05) is 13.2 Å². The van der Waals surface area contributed by atoms with E-state index >= 15 is 0 Å². The average molecular weight is 284 g/mol. The molecule has 6 nitrogen and oxygen atoms in total. The average Bonchev–Trinajstić information content (AvgIpc) is 2.36. The lowest BCUT2D eigenvalue weighted by Gasteiger charge is -2.33. The zero-order valence-electron chi connectivity index (χ0n) is 12.1. The summed E-state index contributed by atoms with van der Waals surface area (Å²) in [6.45, 7) is 5.19. The minimum Gasteiger partial charge on any atom is -0.466 e. The fourth-order valence-corrected chi connectivity index (χ4v) is 2.31. The molecule has 0 radical (unpaired) electrons. The van der Waals surface area contributed by atoms with Gasteiger partial charge < -0.3 is 9.47 Å². The zero-order valence-corrected chi connectivity index (χ0v) is 12.1. The molecule has 1 saturated carbocycles. The molecule has 0 aromatic heterocycles. The highest BCUT2D eigenvalue weighted by Gasteiger charge is 2.50. The number of carbonyl (C=O) groups excluding carboxylic acids is 4. The molecule has 2 atom stereocenters. The van der Waals surface area contributed by atoms with Crippen LogP contribution >= 0.6 is 0 Å². The third kappa shape index (κ3) is 3.43. The van der Waals surface area contributed by atoms with E-state index in [0.29, 0.717) is 0 Å². The molecular weight excluding hydrogens is 264 g/mol. The molecule has 20 heavy (non-hydrogen) atoms. The number of hydrogen-bond donors (Lipinski definition) is 0. The fourth-order valence-electron chi connectivity index (χ4n) is 2.31. The van der Waals surface area contributed by atoms with Gasteiger partial charge in [0.2, 0.25) is 0 Å². The molecule has 1 rings (SSSR count). The van der Waals surface area contributed by atoms with Crippen molar-refractivity contribution in [3.63, 3.8) is 0 Å². The van der Waals surface area contributed by atoms with Crippen molar-refractivity contribution in [3.8, 4) is 0 Å². The fraction of sp³-hybridized carbons (Fsp3) is 0.714. The third-order valence-electron chi connectivity index (χ3n) is 3.50. The Kier molecular flexibility index (Phi) is 5.42. The van der Waals surface area contributed by atoms with Crippen LogP contribution in [0.1, 0.15) is 40.0 Å². The van der Waals surface area contributed by atoms with Crippen molar-refractivity contribution in [1.29, 1.82) is 0 Å². The van der Waals surface area contributed by atoms with Gasteiger partial charge in [-0.2, -0.15) is 0 Å². The standard InChI is InChI=1S/C14H20O6/c1-4-19-12(17)6-9-8-14(3,13(18)20-5-2)11(16)7-10(9)15/h9H,4-8H2,1-3H3/t9-,14+/m0/s1. The Labute approximate surface area is 117 Å². The van der Waals surface area contributed by atoms with E-state index in [1.807, 2.05) is 0 Å². The maximum Gasteiger partial charge on any atom is 0.319 e. The molecule has 0 N–H and O–H groups in total. The summed E-state index contributed by atoms with van der Waals surface area (Å²) < 4.78 is 9.71. The quantitative estimate of drug-likeness (QED) is 0.554. The van der Waals surface area contributed by atoms with E-state index in [1.54, 1.807) is 13.8 Å². The Morgan fingerprint density at radius 1 is 1.20 bits per heavy atom. The van der Waals surface area contributed by atoms with Crippen molar-refractivity contribution < 1.29 is 28.7 Å². The summed E-state index contributed by atoms with van der Waals surface area (Å²) >= 11 is 0. The number of rotatable bonds is 5. The van der Waals surface area contributed by atoms with Gasteiger partial charge in [-0.1, -0.05) is 0 Å². The van der Waals surface area contributed by atoms with E-state index in [2.05, 4.69) is 0 Å². The van der Waals surface area contributed by atoms with E-state index in [1.165, 1.54) is 6.92 Å². The highest BCUT2D eigenvalue weighted by molar-refractivity contribution is 6.14. The first kappa shape index (κ1) is 16.3. The second-order valence-electron chi connectivity index (χ2n) is 5.03. The normalized spacial score (nSPS) is 26.2. The summed E-state index contributed by atoms with van der Waals surface area (Å²) in [5.41, 5.74) is -1.35. The summed E-state index contributed by atoms with van der Waals surface area (Å²) in [5, 5.41) is 0. The largest absolute Gasteiger partial charge is 0.466 e. The van der Waals surface area contributed by atoms with Gasteiger partial charge in [0, 0.05) is 5.92 Å². The minimum atomic E-state index is -1.35. The molecule has 0 amide bonds. The highest BCUT2D eigenvalue weighted by Crippen LogP contribution is 2.37. The summed E-state index contributed by atoms with van der Waals surface area (Å²) in [6, 6.07) is 0. The van der Waals surface area contributed by atoms with E-state index in [-0.39, 0.29) is 38.3 Å². The van der Waals surface area contributed by atoms with Gasteiger partial charge in [0.05, 0.1) is 26.1 Å². The third-order valence-corrected chi connectivity index (χ3v) is 3.50. The van der Waals surface area contributed by atoms with Crippen LogP contribution in [-0.4, -0.2) is 36.7 Å². The number of carbonyl (C=O) groups is 4. The van der Waals surface area contributed by atoms with E-state index in [9.17, 15) is 19.2 Å². The molecule has 0 aliphatic heterocycles. The molecule has 0 unspecified atom stereocenters. The summed E-state index contributed by atoms with van der Waals surface area (Å²) in [4.78, 5) is 47.2. The lowest BCUT2D eigenvalue weighted by atomic mass is 9.68. The van der Waals surface area contributed by atoms with E-state index in [0.717, 1.165) is 0 Å². The highest BCUT2D eigenvalue weighted by atomic mass is 16.5. The van der Waals surface area contributed by atoms with Crippen LogP contribution in [0.4, 0.5) is 0 Å². The Morgan fingerprint density at radius 3 is 2.35 bits per heavy atom. The number of ether oxygens (including phenoxy) is 2. The van der Waals surface area contributed by atoms with Crippen molar-refractivity contribution in [2.24, 2.45) is 11.3 Å². The van der Waals surface area contributed by atoms with Gasteiger partial charge in [0.15, 0.2) is 5.78 Å². The maximum atomic E-state index is 12.0. The van der Waals surface area contributed by atoms with Gasteiger partial charge in [-0.05, 0) is 27.2 Å². The van der Waals surface area contributed by atoms with E-state index < -0.39 is 29.1 Å². The van der Waals surface area contributed by atoms with Crippen LogP contribution in [0.5, 0.6) is 0 Å². The van der Waals surface area contributed by atoms with Crippen LogP contribution in [-0.2, 0) is 28.7 Å². The Hall–Kier alpha value is -1.72. The Morgan fingerprint density at radius 2 is 1.80 bits per heavy atom. The minimum absolute atomic E-state index is 0.00230. The first-order chi connectivity index (χ1) is 9.35. The predicted molar refractivity (Wildman–Crippen MR) is 68.7 cm³/mol. The predicted octanol–water partition coefficient (Wildman–Crippen LogP) is 1.06. The van der Waals surface area contributed by atoms with Gasteiger partial charge in [-0.25, -0.2) is 0 Å². The molecular formula is C14H20O6. The number of hydrogen-bond acceptors (Lipinski definition) is 6. The monoisotopic (exact) mass is 284 g/mol. The van der Waals surface area contributed by atoms with Gasteiger partial charge >= 0.3 is 11.9 Å². The van der Waals surface area contributed by atoms with Gasteiger partial charge in [0.1, 0.15) is 11.2 Å². The zero-order chi connectivity index (χ0) is 15.3. The molecule has 0 spiro atoms. The van der Waals surface area contributed by atoms with Crippen LogP contribution < -0.4 is 0 Å². The number of Topliss-reactive ketones (excluding diaryl/α,β-unsaturated/α-hetero) is 2. The lowest BCUT2D eigenvalue weighted by molar-refractivity contribution is -0.164. The van der Waals surface area contributed by atoms with Gasteiger partial charge in [-0.3, -0.25) is 19.2 Å². The first-order valence-electron chi connectivity index (χ1n) is 6.74. The maximum absolute atomic E-state index is 12.0. The second kappa shape index (κ2) is 6.63. The van der Waals surface area contributed by atoms with E-state index in [4.69, 9.17) is 9.47 Å². The molecule has 0 bridgehead atoms. The summed E-state index contributed by atoms with van der Waals surface area (Å²) in [6.07, 6.45) is -0.434. The smallest absolute Gasteiger partial charge is 0.319 e. The van der Waals surface area contributed by atoms with Crippen LogP contribution in [0.25, 0.3) is 0 Å². The first-order valence-corrected chi connectivity index (χ1v) is 6.74. The molecule has 112 valence electrons. The van der Waals surface area contributed by atoms with Crippen molar-refractivity contribution in [1.82, 2.24) is 0 Å². The molecule has 0 aromatic carbocycles. The van der Waals surface area contributed by atoms with Crippen LogP contribution in [0.3, 0.4) is 0 Å². The molecule has 0 aromatic rings. The van der Waals surface area contributed by atoms with Crippen LogP contribution in [0, 0.1) is 11.3 Å². The molecule has 0 saturated heterocycles. The van der Waals surface area contributed by atoms with Crippen LogP contribution in [0.15, 0.2) is 0 Å². The summed E-state index contributed by atoms with van der Waals surface area (Å²) in [7, 11) is 0. The van der Waals surface area contributed by atoms with Crippen molar-refractivity contribution in [3.05, 3.63) is 0 Å². The number of esters is 2. The molecule has 1 aliphatic carbocycles. The number of ketones is 2. The molecule has 6 heteroatoms. The topological polar surface area (TPSA) is 86.7 Å². The van der Waals surface area contributed by atoms with Gasteiger partial charge in [0.25, 0.3) is 0 Å². The van der Waals surface area contributed by atoms with Crippen LogP contribution in [0.2, 0.25) is 0 Å². The van der Waals surface area contributed by atoms with Crippen molar-refractivity contribution >= 4 is 23.5 Å². The van der Waals surface area contributed by atoms with Crippen molar-refractivity contribution in [2.45, 2.75) is 40.0 Å². The molecule has 1 aliphatic rings. The Bertz CT molecular complexity index is 427. The Balaban J connectivity index is 2.84. The van der Waals surface area contributed by atoms with Gasteiger partial charge in [-0.15, -0.1) is 0 Å². The second-order valence-corrected chi connectivity index (χ2v) is 5.03.